The van der Waals surface area contributed by atoms with Gasteiger partial charge in [0.15, 0.2) is 0 Å². The van der Waals surface area contributed by atoms with Crippen molar-refractivity contribution in [1.29, 1.82) is 0 Å². The summed E-state index contributed by atoms with van der Waals surface area (Å²) >= 11 is 0. The van der Waals surface area contributed by atoms with Crippen LogP contribution >= 0.6 is 0 Å². The van der Waals surface area contributed by atoms with Gasteiger partial charge in [-0.1, -0.05) is 22.4 Å². The van der Waals surface area contributed by atoms with E-state index in [0.29, 0.717) is 5.92 Å². The number of piperidine rings is 1. The van der Waals surface area contributed by atoms with Gasteiger partial charge in [-0.05, 0) is 68.6 Å². The first-order valence-corrected chi connectivity index (χ1v) is 11.6. The summed E-state index contributed by atoms with van der Waals surface area (Å²) in [6, 6.07) is 8.04. The van der Waals surface area contributed by atoms with Gasteiger partial charge >= 0.3 is 18.1 Å². The van der Waals surface area contributed by atoms with Gasteiger partial charge in [-0.2, -0.15) is 13.2 Å². The molecule has 2 aromatic rings. The summed E-state index contributed by atoms with van der Waals surface area (Å²) in [5.74, 6) is -3.27. The summed E-state index contributed by atoms with van der Waals surface area (Å²) in [5.41, 5.74) is 1.90. The minimum absolute atomic E-state index is 0.0570. The number of carboxylic acid groups (broad SMARTS) is 2. The lowest BCUT2D eigenvalue weighted by molar-refractivity contribution is -0.192. The van der Waals surface area contributed by atoms with E-state index < -0.39 is 18.1 Å². The van der Waals surface area contributed by atoms with Crippen LogP contribution in [0.25, 0.3) is 0 Å². The van der Waals surface area contributed by atoms with Gasteiger partial charge in [-0.25, -0.2) is 14.7 Å². The highest BCUT2D eigenvalue weighted by atomic mass is 19.4. The van der Waals surface area contributed by atoms with E-state index in [9.17, 15) is 22.8 Å². The molecule has 3 N–H and O–H groups in total. The van der Waals surface area contributed by atoms with E-state index in [0.717, 1.165) is 57.2 Å². The number of carboxylic acids is 2. The largest absolute Gasteiger partial charge is 0.490 e. The number of nitrogens with one attached hydrogen (secondary N) is 1. The first kappa shape index (κ1) is 27.0. The van der Waals surface area contributed by atoms with Gasteiger partial charge in [0, 0.05) is 18.7 Å². The molecular weight excluding hydrogens is 485 g/mol. The Morgan fingerprint density at radius 2 is 1.56 bits per heavy atom. The first-order valence-electron chi connectivity index (χ1n) is 11.6. The van der Waals surface area contributed by atoms with E-state index in [4.69, 9.17) is 19.7 Å². The van der Waals surface area contributed by atoms with Gasteiger partial charge in [0.1, 0.15) is 6.10 Å². The summed E-state index contributed by atoms with van der Waals surface area (Å²) in [4.78, 5) is 34.6. The maximum absolute atomic E-state index is 12.6. The highest BCUT2D eigenvalue weighted by molar-refractivity contribution is 5.94. The smallest absolute Gasteiger partial charge is 0.476 e. The molecule has 0 unspecified atom stereocenters. The minimum atomic E-state index is -5.08. The van der Waals surface area contributed by atoms with E-state index >= 15 is 0 Å². The molecule has 1 amide bonds. The van der Waals surface area contributed by atoms with Crippen LogP contribution in [0.5, 0.6) is 5.88 Å². The molecule has 36 heavy (non-hydrogen) atoms. The van der Waals surface area contributed by atoms with Gasteiger partial charge in [0.05, 0.1) is 0 Å². The molecule has 0 bridgehead atoms. The minimum Gasteiger partial charge on any atom is -0.476 e. The highest BCUT2D eigenvalue weighted by Crippen LogP contribution is 2.34. The molecule has 0 radical (unpaired) electrons. The fourth-order valence-corrected chi connectivity index (χ4v) is 4.29. The monoisotopic (exact) mass is 512 g/mol. The molecule has 13 heteroatoms. The lowest BCUT2D eigenvalue weighted by Crippen LogP contribution is -2.35. The maximum Gasteiger partial charge on any atom is 0.490 e. The van der Waals surface area contributed by atoms with Gasteiger partial charge < -0.3 is 19.8 Å². The van der Waals surface area contributed by atoms with Crippen LogP contribution in [-0.4, -0.2) is 73.7 Å². The third kappa shape index (κ3) is 7.18. The molecule has 196 valence electrons. The zero-order chi connectivity index (χ0) is 26.3. The third-order valence-corrected chi connectivity index (χ3v) is 6.20. The van der Waals surface area contributed by atoms with Crippen LogP contribution in [0.3, 0.4) is 0 Å². The number of alkyl halides is 3. The van der Waals surface area contributed by atoms with Crippen molar-refractivity contribution in [3.63, 3.8) is 0 Å². The number of likely N-dealkylation sites (tertiary alicyclic amines) is 1. The van der Waals surface area contributed by atoms with Gasteiger partial charge in [-0.3, -0.25) is 4.79 Å². The third-order valence-electron chi connectivity index (χ3n) is 6.20. The normalized spacial score (nSPS) is 20.1. The molecule has 1 aliphatic carbocycles. The zero-order valence-corrected chi connectivity index (χ0v) is 19.3. The summed E-state index contributed by atoms with van der Waals surface area (Å²) in [5, 5.41) is 25.8. The van der Waals surface area contributed by atoms with E-state index in [1.54, 1.807) is 0 Å². The number of hydrogen-bond donors (Lipinski definition) is 3. The average molecular weight is 512 g/mol. The lowest BCUT2D eigenvalue weighted by Gasteiger charge is -2.29. The molecule has 0 spiro atoms. The summed E-state index contributed by atoms with van der Waals surface area (Å²) in [7, 11) is 0. The van der Waals surface area contributed by atoms with Crippen LogP contribution in [0, 0.1) is 0 Å². The van der Waals surface area contributed by atoms with Crippen molar-refractivity contribution in [3.05, 3.63) is 41.1 Å². The molecule has 2 heterocycles. The number of ether oxygens (including phenoxy) is 1. The standard InChI is InChI=1S/C21H26N4O4.C2HF3O2/c26-20(25-12-2-1-3-13-25)16-6-4-14(5-7-16)15-8-10-17(11-9-15)29-19-18(21(27)28)22-24-23-19;3-2(4,5)1(6)7/h4-7,15,17H,1-3,8-13H2,(H,27,28)(H,22,23,24);(H,6,7)/t15-,17-;. The van der Waals surface area contributed by atoms with E-state index in [2.05, 4.69) is 27.5 Å². The van der Waals surface area contributed by atoms with Gasteiger partial charge in [0.25, 0.3) is 11.8 Å². The topological polar surface area (TPSA) is 146 Å². The SMILES string of the molecule is O=C(O)C(F)(F)F.O=C(O)c1[nH]nnc1O[C@H]1CC[C@H](c2ccc(C(=O)N3CCCCC3)cc2)CC1. The highest BCUT2D eigenvalue weighted by Gasteiger charge is 2.38. The number of aliphatic carboxylic acids is 1. The summed E-state index contributed by atoms with van der Waals surface area (Å²) in [6.45, 7) is 1.72. The van der Waals surface area contributed by atoms with Crippen LogP contribution in [0.1, 0.15) is 77.3 Å². The Bertz CT molecular complexity index is 1040. The average Bonchev–Trinajstić information content (AvgIpc) is 3.33. The summed E-state index contributed by atoms with van der Waals surface area (Å²) in [6.07, 6.45) is 1.80. The van der Waals surface area contributed by atoms with Crippen molar-refractivity contribution in [2.45, 2.75) is 63.1 Å². The second-order valence-corrected chi connectivity index (χ2v) is 8.67. The number of halogens is 3. The van der Waals surface area contributed by atoms with Crippen LogP contribution in [-0.2, 0) is 4.79 Å². The van der Waals surface area contributed by atoms with E-state index in [1.807, 2.05) is 17.0 Å². The zero-order valence-electron chi connectivity index (χ0n) is 19.3. The molecule has 1 aliphatic heterocycles. The van der Waals surface area contributed by atoms with E-state index in [1.165, 1.54) is 12.0 Å². The second kappa shape index (κ2) is 11.9. The Morgan fingerprint density at radius 1 is 0.972 bits per heavy atom. The Balaban J connectivity index is 0.000000454. The molecule has 1 aromatic heterocycles. The molecule has 2 fully saturated rings. The van der Waals surface area contributed by atoms with E-state index in [-0.39, 0.29) is 23.6 Å². The molecule has 2 aliphatic rings. The Hall–Kier alpha value is -3.64. The van der Waals surface area contributed by atoms with Crippen molar-refractivity contribution in [3.8, 4) is 5.88 Å². The second-order valence-electron chi connectivity index (χ2n) is 8.67. The predicted octanol–water partition coefficient (Wildman–Crippen LogP) is 3.87. The van der Waals surface area contributed by atoms with Gasteiger partial charge in [-0.15, -0.1) is 0 Å². The fourth-order valence-electron chi connectivity index (χ4n) is 4.29. The number of aromatic nitrogens is 3. The van der Waals surface area contributed by atoms with Crippen molar-refractivity contribution in [1.82, 2.24) is 20.3 Å². The number of aromatic amines is 1. The Morgan fingerprint density at radius 3 is 2.08 bits per heavy atom. The lowest BCUT2D eigenvalue weighted by atomic mass is 9.82. The first-order chi connectivity index (χ1) is 17.1. The number of hydrogen-bond acceptors (Lipinski definition) is 6. The van der Waals surface area contributed by atoms with Gasteiger partial charge in [0.2, 0.25) is 5.69 Å². The number of carbonyl (C=O) groups excluding carboxylic acids is 1. The molecular formula is C23H27F3N4O6. The summed E-state index contributed by atoms with van der Waals surface area (Å²) < 4.78 is 37.5. The fraction of sp³-hybridized carbons (Fsp3) is 0.522. The van der Waals surface area contributed by atoms with Crippen molar-refractivity contribution in [2.24, 2.45) is 0 Å². The number of nitrogens with zero attached hydrogens (tertiary/aromatic N) is 3. The maximum atomic E-state index is 12.6. The van der Waals surface area contributed by atoms with Crippen LogP contribution in [0.4, 0.5) is 13.2 Å². The number of benzene rings is 1. The molecule has 0 atom stereocenters. The molecule has 1 aromatic carbocycles. The quantitative estimate of drug-likeness (QED) is 0.547. The molecule has 1 saturated carbocycles. The van der Waals surface area contributed by atoms with Crippen LogP contribution < -0.4 is 4.74 Å². The number of carbonyl (C=O) groups is 3. The molecule has 1 saturated heterocycles. The Kier molecular flexibility index (Phi) is 8.88. The Labute approximate surface area is 204 Å². The molecule has 10 nitrogen and oxygen atoms in total. The predicted molar refractivity (Wildman–Crippen MR) is 119 cm³/mol. The van der Waals surface area contributed by atoms with Crippen LogP contribution in [0.15, 0.2) is 24.3 Å². The van der Waals surface area contributed by atoms with Crippen molar-refractivity contribution >= 4 is 17.8 Å². The van der Waals surface area contributed by atoms with Crippen LogP contribution in [0.2, 0.25) is 0 Å². The van der Waals surface area contributed by atoms with Crippen molar-refractivity contribution < 1.29 is 42.5 Å². The molecule has 4 rings (SSSR count). The number of aromatic carboxylic acids is 1. The number of rotatable bonds is 5. The number of amides is 1. The van der Waals surface area contributed by atoms with Crippen molar-refractivity contribution in [2.75, 3.05) is 13.1 Å². The number of H-pyrrole nitrogens is 1.